The Labute approximate surface area is 127 Å². The molecule has 2 N–H and O–H groups in total. The normalized spacial score (nSPS) is 11.4. The molecule has 0 fully saturated rings. The standard InChI is InChI=1S/C12H9BrF2N2O3S/c13-8-3-7(6-18)12(15)11(4-8)21(19,20)17-10-1-2-16-5-9(10)14/h1-5,18H,6H2,(H,16,17). The van der Waals surface area contributed by atoms with Gasteiger partial charge in [-0.1, -0.05) is 15.9 Å². The molecule has 5 nitrogen and oxygen atoms in total. The predicted octanol–water partition coefficient (Wildman–Crippen LogP) is 2.42. The second kappa shape index (κ2) is 6.04. The number of pyridine rings is 1. The zero-order valence-corrected chi connectivity index (χ0v) is 12.7. The average Bonchev–Trinajstić information content (AvgIpc) is 2.43. The van der Waals surface area contributed by atoms with E-state index < -0.39 is 33.2 Å². The van der Waals surface area contributed by atoms with E-state index in [0.717, 1.165) is 18.3 Å². The molecule has 2 aromatic rings. The molecular formula is C12H9BrF2N2O3S. The Kier molecular flexibility index (Phi) is 4.55. The minimum absolute atomic E-state index is 0.194. The highest BCUT2D eigenvalue weighted by molar-refractivity contribution is 9.10. The van der Waals surface area contributed by atoms with Crippen LogP contribution in [0, 0.1) is 11.6 Å². The summed E-state index contributed by atoms with van der Waals surface area (Å²) in [4.78, 5) is 2.79. The maximum Gasteiger partial charge on any atom is 0.264 e. The van der Waals surface area contributed by atoms with E-state index in [1.54, 1.807) is 0 Å². The highest BCUT2D eigenvalue weighted by atomic mass is 79.9. The Morgan fingerprint density at radius 1 is 1.33 bits per heavy atom. The lowest BCUT2D eigenvalue weighted by atomic mass is 10.2. The van der Waals surface area contributed by atoms with Gasteiger partial charge in [-0.3, -0.25) is 9.71 Å². The van der Waals surface area contributed by atoms with Gasteiger partial charge in [0, 0.05) is 16.2 Å². The number of sulfonamides is 1. The predicted molar refractivity (Wildman–Crippen MR) is 75.0 cm³/mol. The van der Waals surface area contributed by atoms with Crippen molar-refractivity contribution in [3.05, 3.63) is 52.3 Å². The van der Waals surface area contributed by atoms with Crippen molar-refractivity contribution in [2.24, 2.45) is 0 Å². The first kappa shape index (κ1) is 15.8. The molecule has 1 heterocycles. The van der Waals surface area contributed by atoms with E-state index >= 15 is 0 Å². The maximum atomic E-state index is 14.0. The molecule has 2 rings (SSSR count). The van der Waals surface area contributed by atoms with E-state index in [1.807, 2.05) is 4.72 Å². The van der Waals surface area contributed by atoms with Crippen LogP contribution in [0.1, 0.15) is 5.56 Å². The van der Waals surface area contributed by atoms with Crippen molar-refractivity contribution in [3.8, 4) is 0 Å². The van der Waals surface area contributed by atoms with Gasteiger partial charge in [-0.15, -0.1) is 0 Å². The molecule has 1 aromatic heterocycles. The minimum atomic E-state index is -4.36. The van der Waals surface area contributed by atoms with E-state index in [1.165, 1.54) is 12.3 Å². The van der Waals surface area contributed by atoms with E-state index in [-0.39, 0.29) is 15.7 Å². The van der Waals surface area contributed by atoms with Crippen molar-refractivity contribution >= 4 is 31.6 Å². The molecule has 0 spiro atoms. The highest BCUT2D eigenvalue weighted by Gasteiger charge is 2.23. The van der Waals surface area contributed by atoms with Gasteiger partial charge in [0.25, 0.3) is 10.0 Å². The third kappa shape index (κ3) is 3.36. The Morgan fingerprint density at radius 2 is 2.05 bits per heavy atom. The largest absolute Gasteiger partial charge is 0.392 e. The number of anilines is 1. The summed E-state index contributed by atoms with van der Waals surface area (Å²) in [5.41, 5.74) is -0.546. The van der Waals surface area contributed by atoms with Crippen LogP contribution in [0.3, 0.4) is 0 Å². The summed E-state index contributed by atoms with van der Waals surface area (Å²) in [6.45, 7) is -0.669. The average molecular weight is 379 g/mol. The summed E-state index contributed by atoms with van der Waals surface area (Å²) < 4.78 is 54.0. The number of nitrogens with zero attached hydrogens (tertiary/aromatic N) is 1. The molecule has 0 saturated heterocycles. The third-order valence-electron chi connectivity index (χ3n) is 2.56. The van der Waals surface area contributed by atoms with Gasteiger partial charge in [0.15, 0.2) is 5.82 Å². The van der Waals surface area contributed by atoms with Gasteiger partial charge >= 0.3 is 0 Å². The van der Waals surface area contributed by atoms with Crippen LogP contribution in [0.25, 0.3) is 0 Å². The van der Waals surface area contributed by atoms with Gasteiger partial charge in [0.2, 0.25) is 0 Å². The van der Waals surface area contributed by atoms with Crippen molar-refractivity contribution in [1.82, 2.24) is 4.98 Å². The first-order valence-corrected chi connectivity index (χ1v) is 7.84. The number of hydrogen-bond donors (Lipinski definition) is 2. The monoisotopic (exact) mass is 378 g/mol. The third-order valence-corrected chi connectivity index (χ3v) is 4.38. The van der Waals surface area contributed by atoms with Gasteiger partial charge in [0.1, 0.15) is 10.7 Å². The minimum Gasteiger partial charge on any atom is -0.392 e. The lowest BCUT2D eigenvalue weighted by Crippen LogP contribution is -2.16. The topological polar surface area (TPSA) is 79.3 Å². The van der Waals surface area contributed by atoms with Crippen molar-refractivity contribution in [1.29, 1.82) is 0 Å². The number of benzene rings is 1. The first-order chi connectivity index (χ1) is 9.85. The molecule has 0 unspecified atom stereocenters. The van der Waals surface area contributed by atoms with Crippen LogP contribution in [0.2, 0.25) is 0 Å². The molecular weight excluding hydrogens is 370 g/mol. The summed E-state index contributed by atoms with van der Waals surface area (Å²) in [7, 11) is -4.36. The van der Waals surface area contributed by atoms with Crippen LogP contribution in [-0.4, -0.2) is 18.5 Å². The van der Waals surface area contributed by atoms with Gasteiger partial charge in [-0.05, 0) is 18.2 Å². The first-order valence-electron chi connectivity index (χ1n) is 5.56. The number of nitrogens with one attached hydrogen (secondary N) is 1. The summed E-state index contributed by atoms with van der Waals surface area (Å²) in [5.74, 6) is -1.98. The Hall–Kier alpha value is -1.58. The number of halogens is 3. The lowest BCUT2D eigenvalue weighted by molar-refractivity contribution is 0.274. The SMILES string of the molecule is O=S(=O)(Nc1ccncc1F)c1cc(Br)cc(CO)c1F. The summed E-state index contributed by atoms with van der Waals surface area (Å²) in [6, 6.07) is 3.38. The fraction of sp³-hybridized carbons (Fsp3) is 0.0833. The van der Waals surface area contributed by atoms with Gasteiger partial charge < -0.3 is 5.11 Å². The lowest BCUT2D eigenvalue weighted by Gasteiger charge is -2.11. The zero-order chi connectivity index (χ0) is 15.6. The number of aliphatic hydroxyl groups excluding tert-OH is 1. The van der Waals surface area contributed by atoms with E-state index in [9.17, 15) is 17.2 Å². The smallest absolute Gasteiger partial charge is 0.264 e. The summed E-state index contributed by atoms with van der Waals surface area (Å²) in [6.07, 6.45) is 2.02. The summed E-state index contributed by atoms with van der Waals surface area (Å²) >= 11 is 3.03. The molecule has 0 atom stereocenters. The van der Waals surface area contributed by atoms with Crippen LogP contribution in [0.15, 0.2) is 40.0 Å². The Balaban J connectivity index is 2.50. The van der Waals surface area contributed by atoms with Gasteiger partial charge in [0.05, 0.1) is 18.5 Å². The quantitative estimate of drug-likeness (QED) is 0.855. The fourth-order valence-electron chi connectivity index (χ4n) is 1.59. The van der Waals surface area contributed by atoms with Crippen LogP contribution >= 0.6 is 15.9 Å². The van der Waals surface area contributed by atoms with Crippen molar-refractivity contribution in [3.63, 3.8) is 0 Å². The molecule has 1 aromatic carbocycles. The van der Waals surface area contributed by atoms with Crippen LogP contribution in [0.5, 0.6) is 0 Å². The second-order valence-electron chi connectivity index (χ2n) is 4.00. The molecule has 0 amide bonds. The molecule has 112 valence electrons. The van der Waals surface area contributed by atoms with Crippen LogP contribution < -0.4 is 4.72 Å². The molecule has 0 aliphatic heterocycles. The maximum absolute atomic E-state index is 14.0. The highest BCUT2D eigenvalue weighted by Crippen LogP contribution is 2.26. The number of hydrogen-bond acceptors (Lipinski definition) is 4. The van der Waals surface area contributed by atoms with Crippen LogP contribution in [-0.2, 0) is 16.6 Å². The van der Waals surface area contributed by atoms with Crippen molar-refractivity contribution in [2.45, 2.75) is 11.5 Å². The van der Waals surface area contributed by atoms with Gasteiger partial charge in [-0.25, -0.2) is 17.2 Å². The number of aliphatic hydroxyl groups is 1. The number of aromatic nitrogens is 1. The zero-order valence-electron chi connectivity index (χ0n) is 10.3. The van der Waals surface area contributed by atoms with E-state index in [0.29, 0.717) is 0 Å². The molecule has 0 aliphatic rings. The number of rotatable bonds is 4. The molecule has 0 radical (unpaired) electrons. The molecule has 0 bridgehead atoms. The van der Waals surface area contributed by atoms with E-state index in [2.05, 4.69) is 20.9 Å². The van der Waals surface area contributed by atoms with Crippen LogP contribution in [0.4, 0.5) is 14.5 Å². The Morgan fingerprint density at radius 3 is 2.67 bits per heavy atom. The Bertz CT molecular complexity index is 784. The van der Waals surface area contributed by atoms with Crippen molar-refractivity contribution in [2.75, 3.05) is 4.72 Å². The van der Waals surface area contributed by atoms with Crippen molar-refractivity contribution < 1.29 is 22.3 Å². The van der Waals surface area contributed by atoms with Gasteiger partial charge in [-0.2, -0.15) is 0 Å². The second-order valence-corrected chi connectivity index (χ2v) is 6.56. The molecule has 0 aliphatic carbocycles. The summed E-state index contributed by atoms with van der Waals surface area (Å²) in [5, 5.41) is 9.02. The molecule has 9 heteroatoms. The molecule has 21 heavy (non-hydrogen) atoms. The van der Waals surface area contributed by atoms with E-state index in [4.69, 9.17) is 5.11 Å². The fourth-order valence-corrected chi connectivity index (χ4v) is 3.46. The molecule has 0 saturated carbocycles.